The maximum atomic E-state index is 13.1. The van der Waals surface area contributed by atoms with Crippen LogP contribution in [0.2, 0.25) is 0 Å². The van der Waals surface area contributed by atoms with Crippen molar-refractivity contribution in [3.63, 3.8) is 0 Å². The maximum Gasteiger partial charge on any atom is 0.257 e. The highest BCUT2D eigenvalue weighted by Gasteiger charge is 2.18. The molecular formula is C28H25N9O. The number of pyridine rings is 3. The van der Waals surface area contributed by atoms with Crippen LogP contribution in [-0.2, 0) is 0 Å². The molecule has 1 aliphatic heterocycles. The van der Waals surface area contributed by atoms with Crippen molar-refractivity contribution in [1.29, 1.82) is 0 Å². The molecule has 188 valence electrons. The van der Waals surface area contributed by atoms with Crippen molar-refractivity contribution in [2.75, 3.05) is 18.4 Å². The molecule has 10 nitrogen and oxygen atoms in total. The zero-order valence-corrected chi connectivity index (χ0v) is 20.5. The number of aromatic nitrogens is 7. The van der Waals surface area contributed by atoms with Gasteiger partial charge in [0.05, 0.1) is 35.2 Å². The van der Waals surface area contributed by atoms with E-state index >= 15 is 0 Å². The summed E-state index contributed by atoms with van der Waals surface area (Å²) in [5.41, 5.74) is 6.81. The van der Waals surface area contributed by atoms with Crippen LogP contribution in [-0.4, -0.2) is 53.3 Å². The predicted octanol–water partition coefficient (Wildman–Crippen LogP) is 4.31. The monoisotopic (exact) mass is 503 g/mol. The molecular weight excluding hydrogens is 478 g/mol. The van der Waals surface area contributed by atoms with Crippen LogP contribution in [0.3, 0.4) is 0 Å². The number of hydrogen-bond acceptors (Lipinski definition) is 6. The third-order valence-corrected chi connectivity index (χ3v) is 7.14. The summed E-state index contributed by atoms with van der Waals surface area (Å²) >= 11 is 0. The summed E-state index contributed by atoms with van der Waals surface area (Å²) in [6.45, 7) is 1.96. The van der Waals surface area contributed by atoms with Crippen molar-refractivity contribution >= 4 is 28.1 Å². The van der Waals surface area contributed by atoms with E-state index in [0.29, 0.717) is 17.3 Å². The van der Waals surface area contributed by atoms with Crippen LogP contribution in [0.5, 0.6) is 0 Å². The summed E-state index contributed by atoms with van der Waals surface area (Å²) < 4.78 is 3.80. The highest BCUT2D eigenvalue weighted by Crippen LogP contribution is 2.32. The number of carbonyl (C=O) groups is 1. The smallest absolute Gasteiger partial charge is 0.257 e. The number of fused-ring (bicyclic) bond motifs is 2. The molecule has 0 spiro atoms. The molecule has 7 heterocycles. The van der Waals surface area contributed by atoms with Crippen LogP contribution in [0.25, 0.3) is 38.8 Å². The van der Waals surface area contributed by atoms with E-state index in [1.807, 2.05) is 64.4 Å². The molecule has 6 aromatic heterocycles. The number of nitrogens with zero attached hydrogens (tertiary/aromatic N) is 6. The lowest BCUT2D eigenvalue weighted by atomic mass is 10.0. The van der Waals surface area contributed by atoms with E-state index in [2.05, 4.69) is 41.8 Å². The van der Waals surface area contributed by atoms with E-state index in [4.69, 9.17) is 0 Å². The highest BCUT2D eigenvalue weighted by atomic mass is 16.1. The summed E-state index contributed by atoms with van der Waals surface area (Å²) in [6, 6.07) is 10.3. The van der Waals surface area contributed by atoms with Crippen molar-refractivity contribution in [2.24, 2.45) is 0 Å². The summed E-state index contributed by atoms with van der Waals surface area (Å²) in [4.78, 5) is 25.1. The Morgan fingerprint density at radius 1 is 1.00 bits per heavy atom. The normalized spacial score (nSPS) is 14.3. The number of anilines is 1. The van der Waals surface area contributed by atoms with Gasteiger partial charge in [-0.25, -0.2) is 9.50 Å². The van der Waals surface area contributed by atoms with Gasteiger partial charge < -0.3 is 15.6 Å². The van der Waals surface area contributed by atoms with Gasteiger partial charge in [0.2, 0.25) is 0 Å². The first-order valence-electron chi connectivity index (χ1n) is 12.6. The second-order valence-corrected chi connectivity index (χ2v) is 9.51. The number of rotatable bonds is 5. The molecule has 7 rings (SSSR count). The second kappa shape index (κ2) is 9.24. The van der Waals surface area contributed by atoms with Gasteiger partial charge in [0.15, 0.2) is 0 Å². The molecule has 3 N–H and O–H groups in total. The lowest BCUT2D eigenvalue weighted by molar-refractivity contribution is 0.102. The predicted molar refractivity (Wildman–Crippen MR) is 145 cm³/mol. The Morgan fingerprint density at radius 3 is 2.79 bits per heavy atom. The van der Waals surface area contributed by atoms with E-state index in [1.165, 1.54) is 0 Å². The van der Waals surface area contributed by atoms with Crippen LogP contribution < -0.4 is 10.6 Å². The van der Waals surface area contributed by atoms with E-state index in [0.717, 1.165) is 64.7 Å². The van der Waals surface area contributed by atoms with Crippen LogP contribution in [0, 0.1) is 0 Å². The average Bonchev–Trinajstić information content (AvgIpc) is 3.71. The topological polar surface area (TPSA) is 118 Å². The van der Waals surface area contributed by atoms with Gasteiger partial charge in [-0.2, -0.15) is 10.2 Å². The first-order valence-corrected chi connectivity index (χ1v) is 12.6. The Kier molecular flexibility index (Phi) is 5.44. The zero-order valence-electron chi connectivity index (χ0n) is 20.5. The first-order chi connectivity index (χ1) is 18.7. The van der Waals surface area contributed by atoms with Gasteiger partial charge in [0.25, 0.3) is 5.91 Å². The SMILES string of the molecule is O=C(Nc1cnn(C2CCNCC2)c1)c1cnc2[nH]cc(-c3ccn4ncc(-c5cccnc5)c4c3)c2c1. The molecule has 0 bridgehead atoms. The van der Waals surface area contributed by atoms with Gasteiger partial charge in [0, 0.05) is 59.3 Å². The third-order valence-electron chi connectivity index (χ3n) is 7.14. The Hall–Kier alpha value is -4.83. The third kappa shape index (κ3) is 4.00. The molecule has 6 aromatic rings. The Bertz CT molecular complexity index is 1760. The van der Waals surface area contributed by atoms with Gasteiger partial charge in [-0.1, -0.05) is 6.07 Å². The van der Waals surface area contributed by atoms with Crippen molar-refractivity contribution in [3.8, 4) is 22.3 Å². The molecule has 1 aliphatic rings. The number of H-pyrrole nitrogens is 1. The van der Waals surface area contributed by atoms with Crippen LogP contribution in [0.4, 0.5) is 5.69 Å². The number of nitrogens with one attached hydrogen (secondary N) is 3. The van der Waals surface area contributed by atoms with Crippen LogP contribution in [0.1, 0.15) is 29.2 Å². The fraction of sp³-hybridized carbons (Fsp3) is 0.179. The summed E-state index contributed by atoms with van der Waals surface area (Å²) in [6.07, 6.45) is 16.6. The second-order valence-electron chi connectivity index (χ2n) is 9.51. The van der Waals surface area contributed by atoms with E-state index < -0.39 is 0 Å². The quantitative estimate of drug-likeness (QED) is 0.323. The zero-order chi connectivity index (χ0) is 25.5. The van der Waals surface area contributed by atoms with Crippen molar-refractivity contribution < 1.29 is 4.79 Å². The van der Waals surface area contributed by atoms with E-state index in [9.17, 15) is 4.79 Å². The molecule has 0 saturated carbocycles. The number of piperidine rings is 1. The van der Waals surface area contributed by atoms with Crippen molar-refractivity contribution in [1.82, 2.24) is 39.7 Å². The first kappa shape index (κ1) is 22.4. The minimum Gasteiger partial charge on any atom is -0.346 e. The largest absolute Gasteiger partial charge is 0.346 e. The van der Waals surface area contributed by atoms with E-state index in [1.54, 1.807) is 18.6 Å². The minimum atomic E-state index is -0.221. The van der Waals surface area contributed by atoms with Gasteiger partial charge in [-0.05, 0) is 55.8 Å². The van der Waals surface area contributed by atoms with Crippen LogP contribution >= 0.6 is 0 Å². The summed E-state index contributed by atoms with van der Waals surface area (Å²) in [7, 11) is 0. The van der Waals surface area contributed by atoms with Crippen LogP contribution in [0.15, 0.2) is 79.9 Å². The Balaban J connectivity index is 1.19. The lowest BCUT2D eigenvalue weighted by Crippen LogP contribution is -2.29. The molecule has 38 heavy (non-hydrogen) atoms. The van der Waals surface area contributed by atoms with Crippen molar-refractivity contribution in [2.45, 2.75) is 18.9 Å². The molecule has 1 fully saturated rings. The molecule has 0 atom stereocenters. The van der Waals surface area contributed by atoms with Crippen molar-refractivity contribution in [3.05, 3.63) is 85.5 Å². The minimum absolute atomic E-state index is 0.221. The standard InChI is InChI=1S/C28H25N9O/c38-28(35-21-14-33-37(17-21)22-3-7-29-8-4-22)20-10-23-24(15-32-27(23)31-13-20)18-5-9-36-26(11-18)25(16-34-36)19-2-1-6-30-12-19/h1-2,5-6,9-17,22,29H,3-4,7-8H2,(H,31,32)(H,35,38). The fourth-order valence-corrected chi connectivity index (χ4v) is 5.14. The molecule has 1 amide bonds. The molecule has 0 unspecified atom stereocenters. The molecule has 0 aliphatic carbocycles. The number of aromatic amines is 1. The average molecular weight is 504 g/mol. The molecule has 10 heteroatoms. The molecule has 1 saturated heterocycles. The lowest BCUT2D eigenvalue weighted by Gasteiger charge is -2.22. The number of hydrogen-bond donors (Lipinski definition) is 3. The number of amides is 1. The van der Waals surface area contributed by atoms with E-state index in [-0.39, 0.29) is 5.91 Å². The van der Waals surface area contributed by atoms with Gasteiger partial charge in [0.1, 0.15) is 5.65 Å². The highest BCUT2D eigenvalue weighted by molar-refractivity contribution is 6.07. The number of carbonyl (C=O) groups excluding carboxylic acids is 1. The molecule has 0 radical (unpaired) electrons. The summed E-state index contributed by atoms with van der Waals surface area (Å²) in [5.74, 6) is -0.221. The Labute approximate surface area is 217 Å². The maximum absolute atomic E-state index is 13.1. The van der Waals surface area contributed by atoms with Gasteiger partial charge in [-0.15, -0.1) is 0 Å². The van der Waals surface area contributed by atoms with Gasteiger partial charge in [-0.3, -0.25) is 14.5 Å². The Morgan fingerprint density at radius 2 is 1.92 bits per heavy atom. The molecule has 0 aromatic carbocycles. The fourth-order valence-electron chi connectivity index (χ4n) is 5.14. The van der Waals surface area contributed by atoms with Gasteiger partial charge >= 0.3 is 0 Å². The summed E-state index contributed by atoms with van der Waals surface area (Å²) in [5, 5.41) is 16.2.